The molecule has 16 heavy (non-hydrogen) atoms. The lowest BCUT2D eigenvalue weighted by atomic mass is 10.1. The number of aliphatic hydroxyl groups excluding tert-OH is 1. The van der Waals surface area contributed by atoms with Crippen LogP contribution >= 0.6 is 0 Å². The zero-order valence-corrected chi connectivity index (χ0v) is 9.34. The Morgan fingerprint density at radius 2 is 2.25 bits per heavy atom. The third-order valence-electron chi connectivity index (χ3n) is 2.29. The lowest BCUT2D eigenvalue weighted by Gasteiger charge is -1.98. The summed E-state index contributed by atoms with van der Waals surface area (Å²) in [5, 5.41) is 13.1. The Labute approximate surface area is 93.9 Å². The molecule has 0 radical (unpaired) electrons. The second-order valence-corrected chi connectivity index (χ2v) is 3.89. The Morgan fingerprint density at radius 1 is 1.44 bits per heavy atom. The van der Waals surface area contributed by atoms with Gasteiger partial charge in [0.05, 0.1) is 0 Å². The van der Waals surface area contributed by atoms with Crippen LogP contribution in [0.3, 0.4) is 0 Å². The number of rotatable bonds is 3. The normalized spacial score (nSPS) is 12.7. The molecule has 1 N–H and O–H groups in total. The quantitative estimate of drug-likeness (QED) is 0.856. The molecular weight excluding hydrogens is 204 g/mol. The van der Waals surface area contributed by atoms with Gasteiger partial charge in [-0.15, -0.1) is 0 Å². The van der Waals surface area contributed by atoms with E-state index in [1.165, 1.54) is 5.56 Å². The highest BCUT2D eigenvalue weighted by molar-refractivity contribution is 5.24. The smallest absolute Gasteiger partial charge is 0.255 e. The molecule has 1 heterocycles. The van der Waals surface area contributed by atoms with Gasteiger partial charge in [0.15, 0.2) is 5.82 Å². The van der Waals surface area contributed by atoms with Crippen molar-refractivity contribution >= 4 is 0 Å². The van der Waals surface area contributed by atoms with Gasteiger partial charge in [-0.3, -0.25) is 0 Å². The number of hydrogen-bond acceptors (Lipinski definition) is 4. The molecule has 0 bridgehead atoms. The Morgan fingerprint density at radius 3 is 2.88 bits per heavy atom. The maximum atomic E-state index is 9.25. The van der Waals surface area contributed by atoms with Crippen LogP contribution in [0.15, 0.2) is 28.8 Å². The highest BCUT2D eigenvalue weighted by Gasteiger charge is 2.11. The Kier molecular flexibility index (Phi) is 3.01. The van der Waals surface area contributed by atoms with E-state index in [2.05, 4.69) is 16.2 Å². The van der Waals surface area contributed by atoms with Crippen LogP contribution in [0.2, 0.25) is 0 Å². The van der Waals surface area contributed by atoms with Gasteiger partial charge in [-0.1, -0.05) is 35.0 Å². The molecule has 0 saturated heterocycles. The van der Waals surface area contributed by atoms with Crippen molar-refractivity contribution in [2.24, 2.45) is 0 Å². The van der Waals surface area contributed by atoms with Crippen LogP contribution in [0.25, 0.3) is 0 Å². The zero-order valence-electron chi connectivity index (χ0n) is 9.34. The first kappa shape index (κ1) is 10.8. The molecule has 2 rings (SSSR count). The molecule has 84 valence electrons. The zero-order chi connectivity index (χ0) is 11.5. The standard InChI is InChI=1S/C12H14N2O2/c1-8-4-3-5-10(6-8)7-11-13-12(9(2)15)16-14-11/h3-6,9,15H,7H2,1-2H3. The van der Waals surface area contributed by atoms with E-state index in [4.69, 9.17) is 4.52 Å². The van der Waals surface area contributed by atoms with Crippen LogP contribution in [0.5, 0.6) is 0 Å². The molecule has 0 amide bonds. The first-order chi connectivity index (χ1) is 7.65. The van der Waals surface area contributed by atoms with Crippen molar-refractivity contribution in [1.29, 1.82) is 0 Å². The second-order valence-electron chi connectivity index (χ2n) is 3.89. The summed E-state index contributed by atoms with van der Waals surface area (Å²) in [5.74, 6) is 0.865. The lowest BCUT2D eigenvalue weighted by molar-refractivity contribution is 0.151. The monoisotopic (exact) mass is 218 g/mol. The molecule has 1 aromatic carbocycles. The maximum Gasteiger partial charge on any atom is 0.255 e. The predicted molar refractivity (Wildman–Crippen MR) is 58.9 cm³/mol. The molecule has 4 nitrogen and oxygen atoms in total. The topological polar surface area (TPSA) is 59.2 Å². The highest BCUT2D eigenvalue weighted by atomic mass is 16.5. The van der Waals surface area contributed by atoms with Crippen molar-refractivity contribution in [1.82, 2.24) is 10.1 Å². The summed E-state index contributed by atoms with van der Waals surface area (Å²) in [6.07, 6.45) is -0.0866. The molecule has 0 fully saturated rings. The number of benzene rings is 1. The number of aliphatic hydroxyl groups is 1. The van der Waals surface area contributed by atoms with Crippen molar-refractivity contribution in [3.8, 4) is 0 Å². The van der Waals surface area contributed by atoms with Crippen molar-refractivity contribution in [2.75, 3.05) is 0 Å². The Balaban J connectivity index is 2.14. The number of aryl methyl sites for hydroxylation is 1. The molecule has 4 heteroatoms. The minimum absolute atomic E-state index is 0.266. The second kappa shape index (κ2) is 4.45. The third kappa shape index (κ3) is 2.46. The van der Waals surface area contributed by atoms with Crippen molar-refractivity contribution in [2.45, 2.75) is 26.4 Å². The van der Waals surface area contributed by atoms with Crippen molar-refractivity contribution in [3.63, 3.8) is 0 Å². The highest BCUT2D eigenvalue weighted by Crippen LogP contribution is 2.12. The van der Waals surface area contributed by atoms with Gasteiger partial charge in [0.1, 0.15) is 6.10 Å². The SMILES string of the molecule is Cc1cccc(Cc2noc(C(C)O)n2)c1. The molecule has 1 unspecified atom stereocenters. The van der Waals surface area contributed by atoms with E-state index in [-0.39, 0.29) is 5.89 Å². The number of nitrogens with zero attached hydrogens (tertiary/aromatic N) is 2. The van der Waals surface area contributed by atoms with Gasteiger partial charge < -0.3 is 9.63 Å². The Bertz CT molecular complexity index is 477. The van der Waals surface area contributed by atoms with Crippen LogP contribution in [-0.2, 0) is 6.42 Å². The van der Waals surface area contributed by atoms with Crippen LogP contribution in [-0.4, -0.2) is 15.2 Å². The average Bonchev–Trinajstić information content (AvgIpc) is 2.66. The lowest BCUT2D eigenvalue weighted by Crippen LogP contribution is -1.94. The van der Waals surface area contributed by atoms with E-state index in [9.17, 15) is 5.11 Å². The number of hydrogen-bond donors (Lipinski definition) is 1. The van der Waals surface area contributed by atoms with Crippen LogP contribution in [0.1, 0.15) is 35.9 Å². The van der Waals surface area contributed by atoms with E-state index in [0.717, 1.165) is 5.56 Å². The predicted octanol–water partition coefficient (Wildman–Crippen LogP) is 2.02. The van der Waals surface area contributed by atoms with Gasteiger partial charge in [-0.25, -0.2) is 0 Å². The average molecular weight is 218 g/mol. The fourth-order valence-electron chi connectivity index (χ4n) is 1.51. The molecular formula is C12H14N2O2. The summed E-state index contributed by atoms with van der Waals surface area (Å²) in [6.45, 7) is 3.64. The molecule has 1 aromatic heterocycles. The first-order valence-corrected chi connectivity index (χ1v) is 5.21. The van der Waals surface area contributed by atoms with Crippen molar-refractivity contribution < 1.29 is 9.63 Å². The van der Waals surface area contributed by atoms with Gasteiger partial charge in [-0.2, -0.15) is 4.98 Å². The minimum Gasteiger partial charge on any atom is -0.384 e. The van der Waals surface area contributed by atoms with Gasteiger partial charge in [0, 0.05) is 6.42 Å². The maximum absolute atomic E-state index is 9.25. The van der Waals surface area contributed by atoms with Crippen molar-refractivity contribution in [3.05, 3.63) is 47.1 Å². The summed E-state index contributed by atoms with van der Waals surface area (Å²) in [4.78, 5) is 4.11. The van der Waals surface area contributed by atoms with E-state index in [0.29, 0.717) is 12.2 Å². The van der Waals surface area contributed by atoms with Crippen LogP contribution in [0.4, 0.5) is 0 Å². The van der Waals surface area contributed by atoms with E-state index in [1.54, 1.807) is 6.92 Å². The third-order valence-corrected chi connectivity index (χ3v) is 2.29. The van der Waals surface area contributed by atoms with Gasteiger partial charge in [-0.05, 0) is 19.4 Å². The molecule has 0 aliphatic carbocycles. The van der Waals surface area contributed by atoms with Crippen LogP contribution in [0, 0.1) is 6.92 Å². The van der Waals surface area contributed by atoms with Gasteiger partial charge >= 0.3 is 0 Å². The molecule has 0 saturated carbocycles. The first-order valence-electron chi connectivity index (χ1n) is 5.21. The molecule has 0 aliphatic heterocycles. The summed E-state index contributed by atoms with van der Waals surface area (Å²) in [6, 6.07) is 8.14. The fraction of sp³-hybridized carbons (Fsp3) is 0.333. The molecule has 0 aliphatic rings. The molecule has 2 aromatic rings. The summed E-state index contributed by atoms with van der Waals surface area (Å²) in [5.41, 5.74) is 2.34. The number of aromatic nitrogens is 2. The van der Waals surface area contributed by atoms with Crippen LogP contribution < -0.4 is 0 Å². The molecule has 0 spiro atoms. The summed E-state index contributed by atoms with van der Waals surface area (Å²) < 4.78 is 4.92. The summed E-state index contributed by atoms with van der Waals surface area (Å²) in [7, 11) is 0. The minimum atomic E-state index is -0.709. The van der Waals surface area contributed by atoms with Gasteiger partial charge in [0.25, 0.3) is 5.89 Å². The largest absolute Gasteiger partial charge is 0.384 e. The van der Waals surface area contributed by atoms with E-state index < -0.39 is 6.10 Å². The molecule has 1 atom stereocenters. The van der Waals surface area contributed by atoms with E-state index >= 15 is 0 Å². The van der Waals surface area contributed by atoms with Gasteiger partial charge in [0.2, 0.25) is 0 Å². The van der Waals surface area contributed by atoms with E-state index in [1.807, 2.05) is 25.1 Å². The Hall–Kier alpha value is -1.68. The summed E-state index contributed by atoms with van der Waals surface area (Å²) >= 11 is 0. The fourth-order valence-corrected chi connectivity index (χ4v) is 1.51.